The number of rotatable bonds is 5. The van der Waals surface area contributed by atoms with Crippen LogP contribution in [0.15, 0.2) is 36.5 Å². The van der Waals surface area contributed by atoms with Crippen molar-refractivity contribution in [2.24, 2.45) is 0 Å². The van der Waals surface area contributed by atoms with E-state index in [1.807, 2.05) is 37.3 Å². The van der Waals surface area contributed by atoms with Crippen molar-refractivity contribution in [1.82, 2.24) is 10.3 Å². The summed E-state index contributed by atoms with van der Waals surface area (Å²) in [5.41, 5.74) is 1.02. The van der Waals surface area contributed by atoms with Gasteiger partial charge in [-0.15, -0.1) is 0 Å². The average Bonchev–Trinajstić information content (AvgIpc) is 2.37. The average molecular weight is 258 g/mol. The highest BCUT2D eigenvalue weighted by Crippen LogP contribution is 2.26. The van der Waals surface area contributed by atoms with Gasteiger partial charge in [0.05, 0.1) is 11.1 Å². The van der Waals surface area contributed by atoms with E-state index in [-0.39, 0.29) is 0 Å². The van der Waals surface area contributed by atoms with Crippen LogP contribution in [0.25, 0.3) is 10.9 Å². The van der Waals surface area contributed by atoms with E-state index in [0.29, 0.717) is 12.5 Å². The second kappa shape index (κ2) is 5.68. The Balaban J connectivity index is 2.17. The Hall–Kier alpha value is -1.45. The number of fused-ring (bicyclic) bond motifs is 1. The molecule has 0 aliphatic rings. The number of pyridine rings is 1. The van der Waals surface area contributed by atoms with Crippen LogP contribution in [0.4, 0.5) is 0 Å². The van der Waals surface area contributed by atoms with Crippen LogP contribution in [0.2, 0.25) is 0 Å². The van der Waals surface area contributed by atoms with Crippen molar-refractivity contribution >= 4 is 10.9 Å². The number of hydrogen-bond donors (Lipinski definition) is 2. The standard InChI is InChI=1S/C16H22N2O/c1-12(2)17-10-8-16(3,19)14-7-6-13-5-4-9-18-15(13)11-14/h4-7,9,11-12,17,19H,8,10H2,1-3H3. The highest BCUT2D eigenvalue weighted by atomic mass is 16.3. The number of nitrogens with one attached hydrogen (secondary N) is 1. The molecule has 0 radical (unpaired) electrons. The minimum absolute atomic E-state index is 0.439. The molecular formula is C16H22N2O. The summed E-state index contributed by atoms with van der Waals surface area (Å²) < 4.78 is 0. The summed E-state index contributed by atoms with van der Waals surface area (Å²) in [6, 6.07) is 10.4. The summed E-state index contributed by atoms with van der Waals surface area (Å²) in [7, 11) is 0. The van der Waals surface area contributed by atoms with Gasteiger partial charge >= 0.3 is 0 Å². The van der Waals surface area contributed by atoms with Gasteiger partial charge in [-0.25, -0.2) is 0 Å². The topological polar surface area (TPSA) is 45.1 Å². The Labute approximate surface area is 114 Å². The maximum Gasteiger partial charge on any atom is 0.0881 e. The first kappa shape index (κ1) is 14.0. The molecule has 0 bridgehead atoms. The lowest BCUT2D eigenvalue weighted by Gasteiger charge is -2.25. The van der Waals surface area contributed by atoms with E-state index in [4.69, 9.17) is 0 Å². The van der Waals surface area contributed by atoms with Gasteiger partial charge in [-0.1, -0.05) is 32.0 Å². The van der Waals surface area contributed by atoms with Crippen LogP contribution >= 0.6 is 0 Å². The number of hydrogen-bond acceptors (Lipinski definition) is 3. The molecule has 3 nitrogen and oxygen atoms in total. The molecule has 2 aromatic rings. The molecule has 0 fully saturated rings. The fourth-order valence-electron chi connectivity index (χ4n) is 2.15. The molecule has 2 N–H and O–H groups in total. The van der Waals surface area contributed by atoms with Crippen molar-refractivity contribution in [2.45, 2.75) is 38.8 Å². The monoisotopic (exact) mass is 258 g/mol. The van der Waals surface area contributed by atoms with Crippen molar-refractivity contribution < 1.29 is 5.11 Å². The molecule has 1 aromatic heterocycles. The molecule has 0 saturated heterocycles. The summed E-state index contributed by atoms with van der Waals surface area (Å²) in [4.78, 5) is 4.34. The van der Waals surface area contributed by atoms with Crippen LogP contribution in [-0.2, 0) is 5.60 Å². The SMILES string of the molecule is CC(C)NCCC(C)(O)c1ccc2cccnc2c1. The van der Waals surface area contributed by atoms with Gasteiger partial charge in [0.1, 0.15) is 0 Å². The molecule has 1 heterocycles. The summed E-state index contributed by atoms with van der Waals surface area (Å²) in [6.45, 7) is 6.87. The molecule has 2 rings (SSSR count). The van der Waals surface area contributed by atoms with E-state index in [9.17, 15) is 5.11 Å². The first-order chi connectivity index (χ1) is 8.99. The molecule has 0 spiro atoms. The van der Waals surface area contributed by atoms with Crippen molar-refractivity contribution in [3.05, 3.63) is 42.1 Å². The number of aromatic nitrogens is 1. The molecular weight excluding hydrogens is 236 g/mol. The second-order valence-corrected chi connectivity index (χ2v) is 5.54. The third kappa shape index (κ3) is 3.52. The zero-order valence-corrected chi connectivity index (χ0v) is 11.9. The van der Waals surface area contributed by atoms with Gasteiger partial charge in [-0.3, -0.25) is 4.98 Å². The number of nitrogens with zero attached hydrogens (tertiary/aromatic N) is 1. The fraction of sp³-hybridized carbons (Fsp3) is 0.438. The molecule has 0 aliphatic carbocycles. The molecule has 1 unspecified atom stereocenters. The summed E-state index contributed by atoms with van der Waals surface area (Å²) in [5, 5.41) is 15.0. The van der Waals surface area contributed by atoms with E-state index in [1.165, 1.54) is 0 Å². The molecule has 102 valence electrons. The minimum atomic E-state index is -0.826. The third-order valence-electron chi connectivity index (χ3n) is 3.39. The number of benzene rings is 1. The van der Waals surface area contributed by atoms with Crippen LogP contribution in [0.1, 0.15) is 32.8 Å². The number of aliphatic hydroxyl groups is 1. The summed E-state index contributed by atoms with van der Waals surface area (Å²) >= 11 is 0. The second-order valence-electron chi connectivity index (χ2n) is 5.54. The molecule has 1 atom stereocenters. The predicted molar refractivity (Wildman–Crippen MR) is 79.1 cm³/mol. The van der Waals surface area contributed by atoms with Gasteiger partial charge in [0.25, 0.3) is 0 Å². The lowest BCUT2D eigenvalue weighted by atomic mass is 9.91. The summed E-state index contributed by atoms with van der Waals surface area (Å²) in [5.74, 6) is 0. The van der Waals surface area contributed by atoms with Crippen molar-refractivity contribution in [1.29, 1.82) is 0 Å². The highest BCUT2D eigenvalue weighted by molar-refractivity contribution is 5.79. The predicted octanol–water partition coefficient (Wildman–Crippen LogP) is 2.83. The van der Waals surface area contributed by atoms with E-state index in [0.717, 1.165) is 23.0 Å². The normalized spacial score (nSPS) is 14.8. The largest absolute Gasteiger partial charge is 0.385 e. The third-order valence-corrected chi connectivity index (χ3v) is 3.39. The molecule has 19 heavy (non-hydrogen) atoms. The first-order valence-electron chi connectivity index (χ1n) is 6.80. The fourth-order valence-corrected chi connectivity index (χ4v) is 2.15. The quantitative estimate of drug-likeness (QED) is 0.867. The van der Waals surface area contributed by atoms with Gasteiger partial charge in [0.2, 0.25) is 0 Å². The van der Waals surface area contributed by atoms with Crippen LogP contribution < -0.4 is 5.32 Å². The highest BCUT2D eigenvalue weighted by Gasteiger charge is 2.22. The van der Waals surface area contributed by atoms with Crippen molar-refractivity contribution in [2.75, 3.05) is 6.54 Å². The van der Waals surface area contributed by atoms with Gasteiger partial charge in [0, 0.05) is 17.6 Å². The first-order valence-corrected chi connectivity index (χ1v) is 6.80. The van der Waals surface area contributed by atoms with Gasteiger partial charge < -0.3 is 10.4 Å². The van der Waals surface area contributed by atoms with Crippen molar-refractivity contribution in [3.8, 4) is 0 Å². The zero-order valence-electron chi connectivity index (χ0n) is 11.9. The minimum Gasteiger partial charge on any atom is -0.385 e. The lowest BCUT2D eigenvalue weighted by Crippen LogP contribution is -2.31. The van der Waals surface area contributed by atoms with Crippen LogP contribution in [0.5, 0.6) is 0 Å². The van der Waals surface area contributed by atoms with Crippen molar-refractivity contribution in [3.63, 3.8) is 0 Å². The van der Waals surface area contributed by atoms with Gasteiger partial charge in [0.15, 0.2) is 0 Å². The maximum atomic E-state index is 10.6. The van der Waals surface area contributed by atoms with Gasteiger partial charge in [-0.2, -0.15) is 0 Å². The zero-order chi connectivity index (χ0) is 13.9. The van der Waals surface area contributed by atoms with E-state index >= 15 is 0 Å². The van der Waals surface area contributed by atoms with Crippen LogP contribution in [-0.4, -0.2) is 22.7 Å². The smallest absolute Gasteiger partial charge is 0.0881 e. The van der Waals surface area contributed by atoms with Gasteiger partial charge in [-0.05, 0) is 37.6 Å². The molecule has 0 aliphatic heterocycles. The summed E-state index contributed by atoms with van der Waals surface area (Å²) in [6.07, 6.45) is 2.46. The molecule has 0 amide bonds. The Bertz CT molecular complexity index is 549. The molecule has 0 saturated carbocycles. The van der Waals surface area contributed by atoms with E-state index < -0.39 is 5.60 Å². The van der Waals surface area contributed by atoms with E-state index in [2.05, 4.69) is 24.1 Å². The lowest BCUT2D eigenvalue weighted by molar-refractivity contribution is 0.0476. The van der Waals surface area contributed by atoms with Crippen LogP contribution in [0, 0.1) is 0 Å². The Morgan fingerprint density at radius 2 is 2.11 bits per heavy atom. The Morgan fingerprint density at radius 1 is 1.32 bits per heavy atom. The van der Waals surface area contributed by atoms with Crippen LogP contribution in [0.3, 0.4) is 0 Å². The molecule has 3 heteroatoms. The maximum absolute atomic E-state index is 10.6. The van der Waals surface area contributed by atoms with E-state index in [1.54, 1.807) is 6.20 Å². The molecule has 1 aromatic carbocycles. The Kier molecular flexibility index (Phi) is 4.17. The Morgan fingerprint density at radius 3 is 2.84 bits per heavy atom.